The summed E-state index contributed by atoms with van der Waals surface area (Å²) in [6.45, 7) is 0.687. The maximum atomic E-state index is 10.2. The van der Waals surface area contributed by atoms with Gasteiger partial charge in [0.15, 0.2) is 5.82 Å². The molecule has 0 atom stereocenters. The number of alkyl halides is 1. The van der Waals surface area contributed by atoms with Crippen LogP contribution < -0.4 is 5.32 Å². The van der Waals surface area contributed by atoms with Gasteiger partial charge in [-0.1, -0.05) is 0 Å². The van der Waals surface area contributed by atoms with Crippen LogP contribution in [0.2, 0.25) is 0 Å². The molecule has 0 aliphatic carbocycles. The van der Waals surface area contributed by atoms with E-state index in [9.17, 15) is 10.1 Å². The van der Waals surface area contributed by atoms with Crippen molar-refractivity contribution in [2.45, 2.75) is 6.42 Å². The van der Waals surface area contributed by atoms with Gasteiger partial charge in [0.05, 0.1) is 4.92 Å². The maximum absolute atomic E-state index is 10.2. The Bertz CT molecular complexity index is 252. The second-order valence-corrected chi connectivity index (χ2v) is 2.87. The molecule has 1 aliphatic heterocycles. The van der Waals surface area contributed by atoms with Crippen molar-refractivity contribution in [2.75, 3.05) is 12.4 Å². The van der Waals surface area contributed by atoms with Gasteiger partial charge in [-0.25, -0.2) is 0 Å². The highest BCUT2D eigenvalue weighted by atomic mass is 35.5. The summed E-state index contributed by atoms with van der Waals surface area (Å²) in [7, 11) is 0. The van der Waals surface area contributed by atoms with Crippen LogP contribution in [0.5, 0.6) is 0 Å². The molecule has 0 saturated heterocycles. The van der Waals surface area contributed by atoms with Crippen molar-refractivity contribution in [3.05, 3.63) is 34.5 Å². The van der Waals surface area contributed by atoms with Gasteiger partial charge in [-0.15, -0.1) is 11.6 Å². The zero-order valence-electron chi connectivity index (χ0n) is 6.94. The number of halogens is 1. The highest BCUT2D eigenvalue weighted by Gasteiger charge is 2.13. The van der Waals surface area contributed by atoms with Crippen LogP contribution in [-0.2, 0) is 0 Å². The largest absolute Gasteiger partial charge is 0.341 e. The van der Waals surface area contributed by atoms with Crippen LogP contribution in [0.3, 0.4) is 0 Å². The van der Waals surface area contributed by atoms with Gasteiger partial charge in [-0.3, -0.25) is 10.1 Å². The molecule has 0 aromatic carbocycles. The lowest BCUT2D eigenvalue weighted by Gasteiger charge is -2.14. The van der Waals surface area contributed by atoms with E-state index < -0.39 is 4.92 Å². The Balaban J connectivity index is 2.52. The maximum Gasteiger partial charge on any atom is 0.274 e. The number of nitrogens with zero attached hydrogens (tertiary/aromatic N) is 2. The molecule has 0 unspecified atom stereocenters. The fourth-order valence-electron chi connectivity index (χ4n) is 1.01. The quantitative estimate of drug-likeness (QED) is 0.422. The fraction of sp³-hybridized carbons (Fsp3) is 0.429. The van der Waals surface area contributed by atoms with Crippen LogP contribution in [0.15, 0.2) is 24.4 Å². The molecule has 0 saturated carbocycles. The zero-order valence-corrected chi connectivity index (χ0v) is 7.70. The molecule has 1 N–H and O–H groups in total. The Morgan fingerprint density at radius 2 is 2.54 bits per heavy atom. The molecular formula is C7H10ClN3O2. The van der Waals surface area contributed by atoms with E-state index in [1.807, 2.05) is 0 Å². The molecule has 1 rings (SSSR count). The molecule has 6 heteroatoms. The Kier molecular flexibility index (Phi) is 3.57. The highest BCUT2D eigenvalue weighted by molar-refractivity contribution is 6.17. The van der Waals surface area contributed by atoms with E-state index in [1.165, 1.54) is 0 Å². The number of rotatable bonds is 4. The summed E-state index contributed by atoms with van der Waals surface area (Å²) >= 11 is 5.51. The first-order valence-corrected chi connectivity index (χ1v) is 4.38. The van der Waals surface area contributed by atoms with Gasteiger partial charge in [0.2, 0.25) is 0 Å². The van der Waals surface area contributed by atoms with Crippen molar-refractivity contribution in [1.29, 1.82) is 0 Å². The minimum absolute atomic E-state index is 0.482. The lowest BCUT2D eigenvalue weighted by molar-refractivity contribution is -0.404. The molecule has 0 bridgehead atoms. The third-order valence-corrected chi connectivity index (χ3v) is 1.82. The SMILES string of the molecule is O=[N+]([O-])C=C1NC=CN1CCCCl. The third-order valence-electron chi connectivity index (χ3n) is 1.56. The summed E-state index contributed by atoms with van der Waals surface area (Å²) in [5, 5.41) is 13.0. The lowest BCUT2D eigenvalue weighted by Crippen LogP contribution is -2.20. The Morgan fingerprint density at radius 3 is 3.15 bits per heavy atom. The predicted molar refractivity (Wildman–Crippen MR) is 49.4 cm³/mol. The van der Waals surface area contributed by atoms with E-state index >= 15 is 0 Å². The number of nitro groups is 1. The van der Waals surface area contributed by atoms with Crippen molar-refractivity contribution in [2.24, 2.45) is 0 Å². The van der Waals surface area contributed by atoms with E-state index in [4.69, 9.17) is 11.6 Å². The number of hydrogen-bond acceptors (Lipinski definition) is 4. The molecule has 0 fully saturated rings. The zero-order chi connectivity index (χ0) is 9.68. The average molecular weight is 204 g/mol. The van der Waals surface area contributed by atoms with E-state index in [1.54, 1.807) is 17.3 Å². The second kappa shape index (κ2) is 4.71. The molecule has 0 aromatic heterocycles. The summed E-state index contributed by atoms with van der Waals surface area (Å²) in [5.41, 5.74) is 0. The molecule has 0 aromatic rings. The lowest BCUT2D eigenvalue weighted by atomic mass is 10.4. The highest BCUT2D eigenvalue weighted by Crippen LogP contribution is 2.09. The molecule has 5 nitrogen and oxygen atoms in total. The van der Waals surface area contributed by atoms with E-state index in [0.717, 1.165) is 12.6 Å². The smallest absolute Gasteiger partial charge is 0.274 e. The molecule has 0 spiro atoms. The number of hydrogen-bond donors (Lipinski definition) is 1. The van der Waals surface area contributed by atoms with Crippen LogP contribution in [0.25, 0.3) is 0 Å². The van der Waals surface area contributed by atoms with Gasteiger partial charge in [-0.05, 0) is 6.42 Å². The van der Waals surface area contributed by atoms with Gasteiger partial charge < -0.3 is 10.2 Å². The topological polar surface area (TPSA) is 58.4 Å². The summed E-state index contributed by atoms with van der Waals surface area (Å²) in [6, 6.07) is 0. The van der Waals surface area contributed by atoms with Gasteiger partial charge in [0.25, 0.3) is 6.20 Å². The normalized spacial score (nSPS) is 17.9. The summed E-state index contributed by atoms with van der Waals surface area (Å²) in [6.07, 6.45) is 5.14. The number of nitrogens with one attached hydrogen (secondary N) is 1. The van der Waals surface area contributed by atoms with Gasteiger partial charge in [0.1, 0.15) is 0 Å². The molecule has 13 heavy (non-hydrogen) atoms. The molecule has 72 valence electrons. The fourth-order valence-corrected chi connectivity index (χ4v) is 1.13. The van der Waals surface area contributed by atoms with Crippen molar-refractivity contribution in [3.63, 3.8) is 0 Å². The molecule has 0 radical (unpaired) electrons. The second-order valence-electron chi connectivity index (χ2n) is 2.50. The first-order valence-electron chi connectivity index (χ1n) is 3.85. The van der Waals surface area contributed by atoms with Gasteiger partial charge >= 0.3 is 0 Å². The average Bonchev–Trinajstić information content (AvgIpc) is 2.48. The monoisotopic (exact) mass is 203 g/mol. The first kappa shape index (κ1) is 9.85. The van der Waals surface area contributed by atoms with Crippen molar-refractivity contribution in [3.8, 4) is 0 Å². The van der Waals surface area contributed by atoms with Crippen LogP contribution in [-0.4, -0.2) is 22.2 Å². The minimum Gasteiger partial charge on any atom is -0.341 e. The molecular weight excluding hydrogens is 194 g/mol. The molecule has 1 aliphatic rings. The standard InChI is InChI=1S/C7H10ClN3O2/c8-2-1-4-10-5-3-9-7(10)6-11(12)13/h3,5-6,9H,1-2,4H2. The van der Waals surface area contributed by atoms with Crippen LogP contribution >= 0.6 is 11.6 Å². The third kappa shape index (κ3) is 2.95. The van der Waals surface area contributed by atoms with Gasteiger partial charge in [0, 0.05) is 24.8 Å². The van der Waals surface area contributed by atoms with Crippen LogP contribution in [0.1, 0.15) is 6.42 Å². The summed E-state index contributed by atoms with van der Waals surface area (Å²) in [5.74, 6) is 1.03. The Labute approximate surface area is 80.8 Å². The summed E-state index contributed by atoms with van der Waals surface area (Å²) < 4.78 is 0. The van der Waals surface area contributed by atoms with E-state index in [-0.39, 0.29) is 0 Å². The molecule has 1 heterocycles. The van der Waals surface area contributed by atoms with Crippen LogP contribution in [0, 0.1) is 10.1 Å². The van der Waals surface area contributed by atoms with E-state index in [0.29, 0.717) is 18.2 Å². The Morgan fingerprint density at radius 1 is 1.77 bits per heavy atom. The summed E-state index contributed by atoms with van der Waals surface area (Å²) in [4.78, 5) is 11.5. The van der Waals surface area contributed by atoms with Crippen LogP contribution in [0.4, 0.5) is 0 Å². The van der Waals surface area contributed by atoms with Crippen molar-refractivity contribution in [1.82, 2.24) is 10.2 Å². The Hall–Kier alpha value is -1.23. The van der Waals surface area contributed by atoms with Gasteiger partial charge in [-0.2, -0.15) is 0 Å². The molecule has 0 amide bonds. The predicted octanol–water partition coefficient (Wildman–Crippen LogP) is 1.07. The minimum atomic E-state index is -0.483. The van der Waals surface area contributed by atoms with E-state index in [2.05, 4.69) is 5.32 Å². The first-order chi connectivity index (χ1) is 6.24. The van der Waals surface area contributed by atoms with Crippen molar-refractivity contribution >= 4 is 11.6 Å². The van der Waals surface area contributed by atoms with Crippen molar-refractivity contribution < 1.29 is 4.92 Å².